The van der Waals surface area contributed by atoms with Crippen LogP contribution in [0.5, 0.6) is 0 Å². The second kappa shape index (κ2) is 8.29. The monoisotopic (exact) mass is 367 g/mol. The fourth-order valence-electron chi connectivity index (χ4n) is 2.13. The number of hydrogen-bond donors (Lipinski definition) is 0. The quantitative estimate of drug-likeness (QED) is 0.371. The summed E-state index contributed by atoms with van der Waals surface area (Å²) in [7, 11) is 0. The highest BCUT2D eigenvalue weighted by molar-refractivity contribution is 6.18. The van der Waals surface area contributed by atoms with E-state index in [1.807, 2.05) is 0 Å². The van der Waals surface area contributed by atoms with Crippen molar-refractivity contribution in [1.82, 2.24) is 0 Å². The number of esters is 4. The summed E-state index contributed by atoms with van der Waals surface area (Å²) in [5, 5.41) is 0. The molecule has 0 radical (unpaired) electrons. The van der Waals surface area contributed by atoms with E-state index < -0.39 is 60.4 Å². The number of ether oxygens (including phenoxy) is 5. The molecule has 0 aromatic carbocycles. The molecular weight excluding hydrogens is 348 g/mol. The Kier molecular flexibility index (Phi) is 6.38. The fourth-order valence-corrected chi connectivity index (χ4v) is 2.37. The largest absolute Gasteiger partial charge is 0.463 e. The molecule has 2 unspecified atom stereocenters. The Bertz CT molecular complexity index is 552. The van der Waals surface area contributed by atoms with Crippen LogP contribution in [-0.2, 0) is 42.9 Å². The van der Waals surface area contributed by atoms with Crippen LogP contribution in [0.4, 0.5) is 0 Å². The molecule has 0 aromatic heterocycles. The molecule has 0 saturated carbocycles. The molecule has 1 rings (SSSR count). The van der Waals surface area contributed by atoms with Gasteiger partial charge in [-0.1, -0.05) is 0 Å². The highest BCUT2D eigenvalue weighted by Gasteiger charge is 2.61. The Balaban J connectivity index is 3.33. The number of carbonyl (C=O) groups excluding carboxylic acids is 4. The van der Waals surface area contributed by atoms with Gasteiger partial charge in [-0.15, -0.1) is 11.6 Å². The van der Waals surface area contributed by atoms with Gasteiger partial charge in [0, 0.05) is 29.1 Å². The van der Waals surface area contributed by atoms with Crippen LogP contribution in [0.2, 0.25) is 0 Å². The number of hydrogen-bond acceptors (Lipinski definition) is 9. The number of alkyl halides is 1. The molecule has 0 aliphatic carbocycles. The molecule has 1 saturated heterocycles. The molecule has 1 aliphatic heterocycles. The van der Waals surface area contributed by atoms with Crippen LogP contribution in [0.3, 0.4) is 0 Å². The third-order valence-electron chi connectivity index (χ3n) is 2.95. The van der Waals surface area contributed by atoms with E-state index in [2.05, 4.69) is 0 Å². The zero-order valence-corrected chi connectivity index (χ0v) is 14.3. The minimum absolute atomic E-state index is 0.590. The van der Waals surface area contributed by atoms with Gasteiger partial charge in [-0.3, -0.25) is 19.2 Å². The molecule has 0 spiro atoms. The topological polar surface area (TPSA) is 114 Å². The normalized spacial score (nSPS) is 30.7. The lowest BCUT2D eigenvalue weighted by atomic mass is 9.98. The summed E-state index contributed by atoms with van der Waals surface area (Å²) in [6.45, 7) is 3.77. The fraction of sp³-hybridized carbons (Fsp3) is 0.714. The highest BCUT2D eigenvalue weighted by Crippen LogP contribution is 2.37. The van der Waals surface area contributed by atoms with Crippen LogP contribution in [0.1, 0.15) is 29.1 Å². The first kappa shape index (κ1) is 18.5. The van der Waals surface area contributed by atoms with Crippen molar-refractivity contribution in [3.8, 4) is 0 Å². The van der Waals surface area contributed by atoms with E-state index in [-0.39, 0.29) is 0 Å². The average Bonchev–Trinajstić information content (AvgIpc) is 2.70. The molecule has 0 aromatic rings. The van der Waals surface area contributed by atoms with Crippen LogP contribution >= 0.6 is 11.6 Å². The van der Waals surface area contributed by atoms with Gasteiger partial charge in [-0.05, 0) is 0 Å². The first-order chi connectivity index (χ1) is 11.5. The molecule has 136 valence electrons. The Morgan fingerprint density at radius 2 is 1.54 bits per heavy atom. The van der Waals surface area contributed by atoms with E-state index in [1.165, 1.54) is 0 Å². The standard InChI is InChI=1S/C14H19ClO9/c1-7(16)20-6-14(5-15)12(22-9(3)18)11(21-8(2)17)13(24-14)23-10(4)19/h11-13H,5-6H2,1-4H3/t11-,12+,13?,14-/m1/s1/i5D/t5?,11-,12+,13?,14-. The maximum Gasteiger partial charge on any atom is 0.305 e. The molecule has 9 nitrogen and oxygen atoms in total. The molecule has 5 atom stereocenters. The smallest absolute Gasteiger partial charge is 0.305 e. The maximum absolute atomic E-state index is 11.5. The minimum atomic E-state index is -1.92. The van der Waals surface area contributed by atoms with E-state index in [4.69, 9.17) is 36.7 Å². The molecule has 10 heteroatoms. The number of rotatable bonds is 6. The van der Waals surface area contributed by atoms with E-state index in [0.29, 0.717) is 0 Å². The van der Waals surface area contributed by atoms with Gasteiger partial charge in [-0.2, -0.15) is 0 Å². The minimum Gasteiger partial charge on any atom is -0.463 e. The molecular formula is C14H19ClO9. The lowest BCUT2D eigenvalue weighted by Gasteiger charge is -2.31. The van der Waals surface area contributed by atoms with Gasteiger partial charge in [0.2, 0.25) is 12.4 Å². The van der Waals surface area contributed by atoms with Gasteiger partial charge in [0.25, 0.3) is 0 Å². The van der Waals surface area contributed by atoms with Crippen molar-refractivity contribution in [3.63, 3.8) is 0 Å². The van der Waals surface area contributed by atoms with Gasteiger partial charge in [0.05, 0.1) is 5.86 Å². The van der Waals surface area contributed by atoms with Gasteiger partial charge >= 0.3 is 23.9 Å². The van der Waals surface area contributed by atoms with E-state index >= 15 is 0 Å². The summed E-state index contributed by atoms with van der Waals surface area (Å²) >= 11 is 5.88. The Morgan fingerprint density at radius 1 is 1.00 bits per heavy atom. The predicted molar refractivity (Wildman–Crippen MR) is 77.8 cm³/mol. The molecule has 24 heavy (non-hydrogen) atoms. The van der Waals surface area contributed by atoms with Crippen molar-refractivity contribution >= 4 is 35.5 Å². The zero-order chi connectivity index (χ0) is 19.4. The summed E-state index contributed by atoms with van der Waals surface area (Å²) in [4.78, 5) is 45.3. The van der Waals surface area contributed by atoms with Crippen LogP contribution in [0.15, 0.2) is 0 Å². The van der Waals surface area contributed by atoms with Crippen molar-refractivity contribution in [2.24, 2.45) is 0 Å². The second-order valence-corrected chi connectivity index (χ2v) is 5.26. The Hall–Kier alpha value is -1.87. The SMILES string of the molecule is [2H]C(Cl)[C@]1(COC(C)=O)OC(OC(C)=O)[C@H](OC(C)=O)[C@@H]1OC(C)=O. The summed E-state index contributed by atoms with van der Waals surface area (Å²) in [6, 6.07) is 0. The van der Waals surface area contributed by atoms with Gasteiger partial charge in [0.1, 0.15) is 6.61 Å². The zero-order valence-electron chi connectivity index (χ0n) is 14.6. The van der Waals surface area contributed by atoms with Crippen molar-refractivity contribution < 1.29 is 44.2 Å². The van der Waals surface area contributed by atoms with Crippen molar-refractivity contribution in [3.05, 3.63) is 0 Å². The second-order valence-electron chi connectivity index (χ2n) is 5.04. The lowest BCUT2D eigenvalue weighted by Crippen LogP contribution is -2.52. The van der Waals surface area contributed by atoms with Crippen LogP contribution < -0.4 is 0 Å². The van der Waals surface area contributed by atoms with Gasteiger partial charge in [-0.25, -0.2) is 0 Å². The van der Waals surface area contributed by atoms with Crippen molar-refractivity contribution in [2.75, 3.05) is 12.5 Å². The van der Waals surface area contributed by atoms with Crippen LogP contribution in [-0.4, -0.2) is 60.4 Å². The van der Waals surface area contributed by atoms with Gasteiger partial charge < -0.3 is 23.7 Å². The average molecular weight is 368 g/mol. The first-order valence-electron chi connectivity index (χ1n) is 7.46. The highest BCUT2D eigenvalue weighted by atomic mass is 35.5. The maximum atomic E-state index is 11.5. The van der Waals surface area contributed by atoms with Crippen LogP contribution in [0.25, 0.3) is 0 Å². The summed E-state index contributed by atoms with van der Waals surface area (Å²) in [5.41, 5.74) is -1.92. The summed E-state index contributed by atoms with van der Waals surface area (Å²) in [5.74, 6) is -4.67. The lowest BCUT2D eigenvalue weighted by molar-refractivity contribution is -0.208. The third kappa shape index (κ3) is 5.07. The molecule has 1 fully saturated rings. The summed E-state index contributed by atoms with van der Waals surface area (Å²) in [6.07, 6.45) is -4.35. The van der Waals surface area contributed by atoms with E-state index in [1.54, 1.807) is 0 Å². The molecule has 0 N–H and O–H groups in total. The van der Waals surface area contributed by atoms with Gasteiger partial charge in [0.15, 0.2) is 11.7 Å². The van der Waals surface area contributed by atoms with E-state index in [9.17, 15) is 19.2 Å². The Morgan fingerprint density at radius 3 is 1.96 bits per heavy atom. The molecule has 1 aliphatic rings. The van der Waals surface area contributed by atoms with E-state index in [0.717, 1.165) is 27.7 Å². The van der Waals surface area contributed by atoms with Crippen molar-refractivity contribution in [2.45, 2.75) is 51.8 Å². The first-order valence-corrected chi connectivity index (χ1v) is 7.32. The third-order valence-corrected chi connectivity index (χ3v) is 3.32. The van der Waals surface area contributed by atoms with Crippen LogP contribution in [0, 0.1) is 0 Å². The number of carbonyl (C=O) groups is 4. The molecule has 0 bridgehead atoms. The Labute approximate surface area is 144 Å². The number of halogens is 1. The van der Waals surface area contributed by atoms with Crippen molar-refractivity contribution in [1.29, 1.82) is 0 Å². The predicted octanol–water partition coefficient (Wildman–Crippen LogP) is 0.310. The molecule has 0 amide bonds. The molecule has 1 heterocycles. The summed E-state index contributed by atoms with van der Waals surface area (Å²) < 4.78 is 33.3.